The number of rotatable bonds is 3. The summed E-state index contributed by atoms with van der Waals surface area (Å²) in [5, 5.41) is 2.26. The van der Waals surface area contributed by atoms with E-state index in [2.05, 4.69) is 24.1 Å². The van der Waals surface area contributed by atoms with Gasteiger partial charge in [0.25, 0.3) is 5.91 Å². The molecule has 1 saturated heterocycles. The van der Waals surface area contributed by atoms with Crippen molar-refractivity contribution in [1.29, 1.82) is 0 Å². The number of carbonyl (C=O) groups excluding carboxylic acids is 1. The van der Waals surface area contributed by atoms with Crippen LogP contribution in [0.1, 0.15) is 26.6 Å². The molecule has 21 heavy (non-hydrogen) atoms. The van der Waals surface area contributed by atoms with Gasteiger partial charge in [0.15, 0.2) is 5.76 Å². The van der Waals surface area contributed by atoms with E-state index < -0.39 is 0 Å². The van der Waals surface area contributed by atoms with Gasteiger partial charge < -0.3 is 9.32 Å². The number of aryl methyl sites for hydroxylation is 1. The first-order chi connectivity index (χ1) is 10.1. The molecule has 4 nitrogen and oxygen atoms in total. The molecule has 0 unspecified atom stereocenters. The molecule has 5 heteroatoms. The Balaban J connectivity index is 1.56. The molecule has 3 rings (SSSR count). The number of carbonyl (C=O) groups is 1. The van der Waals surface area contributed by atoms with Crippen LogP contribution in [0.3, 0.4) is 0 Å². The Morgan fingerprint density at radius 1 is 1.29 bits per heavy atom. The Morgan fingerprint density at radius 2 is 2.05 bits per heavy atom. The monoisotopic (exact) mass is 304 g/mol. The molecular formula is C16H20N2O2S. The van der Waals surface area contributed by atoms with Crippen molar-refractivity contribution in [3.63, 3.8) is 0 Å². The van der Waals surface area contributed by atoms with E-state index in [1.165, 1.54) is 16.0 Å². The molecular weight excluding hydrogens is 284 g/mol. The lowest BCUT2D eigenvalue weighted by Crippen LogP contribution is -2.48. The first kappa shape index (κ1) is 14.4. The molecule has 112 valence electrons. The topological polar surface area (TPSA) is 36.7 Å². The minimum absolute atomic E-state index is 0.00204. The van der Waals surface area contributed by atoms with Crippen LogP contribution in [0.25, 0.3) is 0 Å². The van der Waals surface area contributed by atoms with E-state index in [-0.39, 0.29) is 5.91 Å². The maximum Gasteiger partial charge on any atom is 0.289 e. The zero-order valence-electron chi connectivity index (χ0n) is 12.5. The number of hydrogen-bond donors (Lipinski definition) is 0. The van der Waals surface area contributed by atoms with Crippen molar-refractivity contribution in [1.82, 2.24) is 9.80 Å². The maximum atomic E-state index is 12.2. The Kier molecular flexibility index (Phi) is 4.12. The van der Waals surface area contributed by atoms with Gasteiger partial charge in [-0.05, 0) is 42.5 Å². The fourth-order valence-corrected chi connectivity index (χ4v) is 3.50. The van der Waals surface area contributed by atoms with Gasteiger partial charge in [0.2, 0.25) is 0 Å². The smallest absolute Gasteiger partial charge is 0.289 e. The molecule has 0 N–H and O–H groups in total. The highest BCUT2D eigenvalue weighted by Crippen LogP contribution is 2.22. The van der Waals surface area contributed by atoms with Gasteiger partial charge in [-0.1, -0.05) is 0 Å². The fourth-order valence-electron chi connectivity index (χ4n) is 2.62. The summed E-state index contributed by atoms with van der Waals surface area (Å²) >= 11 is 1.82. The van der Waals surface area contributed by atoms with Gasteiger partial charge in [-0.15, -0.1) is 11.3 Å². The molecule has 2 aromatic heterocycles. The van der Waals surface area contributed by atoms with Crippen LogP contribution in [0, 0.1) is 13.8 Å². The average molecular weight is 304 g/mol. The van der Waals surface area contributed by atoms with Gasteiger partial charge in [0, 0.05) is 37.6 Å². The molecule has 1 aliphatic rings. The first-order valence-electron chi connectivity index (χ1n) is 7.24. The molecule has 0 spiro atoms. The molecule has 2 aromatic rings. The largest absolute Gasteiger partial charge is 0.459 e. The van der Waals surface area contributed by atoms with E-state index in [0.29, 0.717) is 5.76 Å². The molecule has 1 fully saturated rings. The van der Waals surface area contributed by atoms with Crippen molar-refractivity contribution in [3.05, 3.63) is 45.5 Å². The molecule has 0 radical (unpaired) electrons. The minimum Gasteiger partial charge on any atom is -0.459 e. The van der Waals surface area contributed by atoms with Crippen LogP contribution < -0.4 is 0 Å². The summed E-state index contributed by atoms with van der Waals surface area (Å²) in [7, 11) is 0. The number of thiophene rings is 1. The van der Waals surface area contributed by atoms with Crippen molar-refractivity contribution in [2.24, 2.45) is 0 Å². The second-order valence-corrected chi connectivity index (χ2v) is 6.57. The van der Waals surface area contributed by atoms with Crippen molar-refractivity contribution >= 4 is 17.2 Å². The molecule has 1 aliphatic heterocycles. The second-order valence-electron chi connectivity index (χ2n) is 5.49. The van der Waals surface area contributed by atoms with Crippen LogP contribution in [0.5, 0.6) is 0 Å². The van der Waals surface area contributed by atoms with E-state index in [9.17, 15) is 4.79 Å². The predicted molar refractivity (Wildman–Crippen MR) is 83.7 cm³/mol. The van der Waals surface area contributed by atoms with Crippen LogP contribution in [-0.2, 0) is 6.54 Å². The zero-order valence-corrected chi connectivity index (χ0v) is 13.3. The lowest BCUT2D eigenvalue weighted by molar-refractivity contribution is 0.0597. The number of piperazine rings is 1. The van der Waals surface area contributed by atoms with Crippen molar-refractivity contribution in [2.45, 2.75) is 20.4 Å². The summed E-state index contributed by atoms with van der Waals surface area (Å²) in [6.07, 6.45) is 1.55. The Labute approximate surface area is 129 Å². The van der Waals surface area contributed by atoms with Crippen LogP contribution in [-0.4, -0.2) is 41.9 Å². The van der Waals surface area contributed by atoms with E-state index in [1.807, 2.05) is 16.2 Å². The number of hydrogen-bond acceptors (Lipinski definition) is 4. The third kappa shape index (κ3) is 3.04. The first-order valence-corrected chi connectivity index (χ1v) is 8.12. The lowest BCUT2D eigenvalue weighted by Gasteiger charge is -2.34. The maximum absolute atomic E-state index is 12.2. The molecule has 0 atom stereocenters. The van der Waals surface area contributed by atoms with E-state index >= 15 is 0 Å². The highest BCUT2D eigenvalue weighted by molar-refractivity contribution is 7.10. The highest BCUT2D eigenvalue weighted by atomic mass is 32.1. The highest BCUT2D eigenvalue weighted by Gasteiger charge is 2.24. The van der Waals surface area contributed by atoms with Gasteiger partial charge in [-0.25, -0.2) is 0 Å². The molecule has 0 bridgehead atoms. The Bertz CT molecular complexity index is 610. The van der Waals surface area contributed by atoms with Gasteiger partial charge in [-0.3, -0.25) is 9.69 Å². The van der Waals surface area contributed by atoms with Crippen molar-refractivity contribution < 1.29 is 9.21 Å². The third-order valence-electron chi connectivity index (χ3n) is 4.17. The van der Waals surface area contributed by atoms with Crippen molar-refractivity contribution in [3.8, 4) is 0 Å². The Morgan fingerprint density at radius 3 is 2.62 bits per heavy atom. The molecule has 0 aromatic carbocycles. The van der Waals surface area contributed by atoms with Crippen LogP contribution in [0.2, 0.25) is 0 Å². The SMILES string of the molecule is Cc1scc(CN2CCN(C(=O)c3ccco3)CC2)c1C. The Hall–Kier alpha value is -1.59. The lowest BCUT2D eigenvalue weighted by atomic mass is 10.1. The van der Waals surface area contributed by atoms with Crippen LogP contribution >= 0.6 is 11.3 Å². The summed E-state index contributed by atoms with van der Waals surface area (Å²) < 4.78 is 5.19. The summed E-state index contributed by atoms with van der Waals surface area (Å²) in [6, 6.07) is 3.48. The number of furan rings is 1. The summed E-state index contributed by atoms with van der Waals surface area (Å²) in [6.45, 7) is 8.71. The summed E-state index contributed by atoms with van der Waals surface area (Å²) in [4.78, 5) is 17.9. The van der Waals surface area contributed by atoms with E-state index in [0.717, 1.165) is 32.7 Å². The second kappa shape index (κ2) is 6.03. The minimum atomic E-state index is 0.00204. The normalized spacial score (nSPS) is 16.4. The number of nitrogens with zero attached hydrogens (tertiary/aromatic N) is 2. The quantitative estimate of drug-likeness (QED) is 0.875. The standard InChI is InChI=1S/C16H20N2O2S/c1-12-13(2)21-11-14(12)10-17-5-7-18(8-6-17)16(19)15-4-3-9-20-15/h3-4,9,11H,5-8,10H2,1-2H3. The average Bonchev–Trinajstić information content (AvgIpc) is 3.13. The van der Waals surface area contributed by atoms with Crippen LogP contribution in [0.4, 0.5) is 0 Å². The summed E-state index contributed by atoms with van der Waals surface area (Å²) in [5.41, 5.74) is 2.83. The van der Waals surface area contributed by atoms with Gasteiger partial charge in [0.1, 0.15) is 0 Å². The third-order valence-corrected chi connectivity index (χ3v) is 5.24. The zero-order chi connectivity index (χ0) is 14.8. The molecule has 0 saturated carbocycles. The number of amides is 1. The molecule has 3 heterocycles. The van der Waals surface area contributed by atoms with Gasteiger partial charge >= 0.3 is 0 Å². The van der Waals surface area contributed by atoms with E-state index in [1.54, 1.807) is 18.4 Å². The van der Waals surface area contributed by atoms with Gasteiger partial charge in [0.05, 0.1) is 6.26 Å². The van der Waals surface area contributed by atoms with E-state index in [4.69, 9.17) is 4.42 Å². The fraction of sp³-hybridized carbons (Fsp3) is 0.438. The van der Waals surface area contributed by atoms with Gasteiger partial charge in [-0.2, -0.15) is 0 Å². The van der Waals surface area contributed by atoms with Crippen molar-refractivity contribution in [2.75, 3.05) is 26.2 Å². The predicted octanol–water partition coefficient (Wildman–Crippen LogP) is 2.92. The summed E-state index contributed by atoms with van der Waals surface area (Å²) in [5.74, 6) is 0.440. The molecule has 0 aliphatic carbocycles. The molecule has 1 amide bonds. The van der Waals surface area contributed by atoms with Crippen LogP contribution in [0.15, 0.2) is 28.2 Å².